The molecule has 1 aromatic rings. The van der Waals surface area contributed by atoms with E-state index in [-0.39, 0.29) is 34.8 Å². The summed E-state index contributed by atoms with van der Waals surface area (Å²) in [6, 6.07) is 16.1. The lowest BCUT2D eigenvalue weighted by Crippen LogP contribution is -2.19. The largest absolute Gasteiger partial charge is 0.763 e. The van der Waals surface area contributed by atoms with E-state index in [0.29, 0.717) is 0 Å². The second-order valence-electron chi connectivity index (χ2n) is 4.71. The third kappa shape index (κ3) is 3.34. The van der Waals surface area contributed by atoms with Crippen LogP contribution in [0.25, 0.3) is 5.41 Å². The number of hydrogen-bond acceptors (Lipinski definition) is 5. The molecule has 0 fully saturated rings. The molecule has 7 heteroatoms. The predicted octanol–water partition coefficient (Wildman–Crippen LogP) is 2.00. The van der Waals surface area contributed by atoms with E-state index in [1.807, 2.05) is 42.3 Å². The van der Waals surface area contributed by atoms with Gasteiger partial charge in [-0.25, -0.2) is 0 Å². The Kier molecular flexibility index (Phi) is 5.24. The molecule has 0 amide bonds. The van der Waals surface area contributed by atoms with Crippen molar-refractivity contribution in [1.29, 1.82) is 21.0 Å². The zero-order valence-corrected chi connectivity index (χ0v) is 12.8. The minimum Gasteiger partial charge on any atom is -0.763 e. The Morgan fingerprint density at radius 2 is 1.72 bits per heavy atom. The molecular formula is C18H8N7-. The Balaban J connectivity index is 2.51. The van der Waals surface area contributed by atoms with Crippen LogP contribution in [0.3, 0.4) is 0 Å². The van der Waals surface area contributed by atoms with Gasteiger partial charge in [-0.1, -0.05) is 30.3 Å². The highest BCUT2D eigenvalue weighted by Gasteiger charge is 2.28. The minimum atomic E-state index is -0.445. The van der Waals surface area contributed by atoms with Gasteiger partial charge in [-0.3, -0.25) is 10.9 Å². The van der Waals surface area contributed by atoms with Crippen LogP contribution in [0.5, 0.6) is 0 Å². The quantitative estimate of drug-likeness (QED) is 0.669. The highest BCUT2D eigenvalue weighted by molar-refractivity contribution is 6.15. The van der Waals surface area contributed by atoms with E-state index >= 15 is 0 Å². The van der Waals surface area contributed by atoms with E-state index in [1.165, 1.54) is 0 Å². The number of rotatable bonds is 3. The first-order chi connectivity index (χ1) is 12.2. The van der Waals surface area contributed by atoms with Crippen molar-refractivity contribution in [1.82, 2.24) is 5.32 Å². The van der Waals surface area contributed by atoms with Gasteiger partial charge in [0.25, 0.3) is 0 Å². The fourth-order valence-corrected chi connectivity index (χ4v) is 2.14. The van der Waals surface area contributed by atoms with Gasteiger partial charge < -0.3 is 10.7 Å². The molecule has 1 N–H and O–H groups in total. The smallest absolute Gasteiger partial charge is 0.149 e. The summed E-state index contributed by atoms with van der Waals surface area (Å²) in [5.74, 6) is 2.01. The lowest BCUT2D eigenvalue weighted by atomic mass is 10.0. The van der Waals surface area contributed by atoms with Gasteiger partial charge in [0, 0.05) is 0 Å². The van der Waals surface area contributed by atoms with Crippen molar-refractivity contribution < 1.29 is 0 Å². The molecule has 1 aromatic carbocycles. The molecule has 0 aliphatic carbocycles. The number of hydrogen-bond donors (Lipinski definition) is 1. The van der Waals surface area contributed by atoms with Crippen molar-refractivity contribution >= 4 is 11.7 Å². The summed E-state index contributed by atoms with van der Waals surface area (Å²) in [5, 5.41) is 48.6. The molecule has 116 valence electrons. The van der Waals surface area contributed by atoms with Gasteiger partial charge in [0.15, 0.2) is 0 Å². The molecule has 25 heavy (non-hydrogen) atoms. The average Bonchev–Trinajstić information content (AvgIpc) is 3.02. The lowest BCUT2D eigenvalue weighted by molar-refractivity contribution is 1.04. The fourth-order valence-electron chi connectivity index (χ4n) is 2.14. The maximum Gasteiger partial charge on any atom is 0.149 e. The number of nitriles is 4. The van der Waals surface area contributed by atoms with Crippen LogP contribution in [0.4, 0.5) is 0 Å². The summed E-state index contributed by atoms with van der Waals surface area (Å²) in [6.45, 7) is 0.259. The predicted molar refractivity (Wildman–Crippen MR) is 89.1 cm³/mol. The molecule has 1 aliphatic rings. The monoisotopic (exact) mass is 322 g/mol. The van der Waals surface area contributed by atoms with Gasteiger partial charge in [-0.15, -0.1) is 0 Å². The van der Waals surface area contributed by atoms with Crippen LogP contribution in [-0.4, -0.2) is 11.7 Å². The molecule has 0 aromatic heterocycles. The summed E-state index contributed by atoms with van der Waals surface area (Å²) in [4.78, 5) is 4.28. The maximum absolute atomic E-state index is 9.34. The molecule has 1 heterocycles. The summed E-state index contributed by atoms with van der Waals surface area (Å²) < 4.78 is 0. The third-order valence-electron chi connectivity index (χ3n) is 3.30. The standard InChI is InChI=1S/C18H8N7/c19-6-13(7-20)14(8-21)17-15(9-22)16(10-23)18(25-17)24-11-12-4-2-1-3-5-12/h1-5H,11H2,(H,24,25)/q-1. The van der Waals surface area contributed by atoms with Crippen LogP contribution in [0.15, 0.2) is 63.3 Å². The minimum absolute atomic E-state index is 0.0311. The van der Waals surface area contributed by atoms with E-state index in [2.05, 4.69) is 10.3 Å². The van der Waals surface area contributed by atoms with Gasteiger partial charge in [-0.2, -0.15) is 21.0 Å². The van der Waals surface area contributed by atoms with Gasteiger partial charge in [0.1, 0.15) is 41.3 Å². The van der Waals surface area contributed by atoms with Gasteiger partial charge in [-0.05, 0) is 5.56 Å². The second-order valence-corrected chi connectivity index (χ2v) is 4.71. The molecule has 0 bridgehead atoms. The number of allylic oxidation sites excluding steroid dienone is 2. The van der Waals surface area contributed by atoms with Crippen LogP contribution >= 0.6 is 0 Å². The molecule has 0 saturated heterocycles. The highest BCUT2D eigenvalue weighted by atomic mass is 15.0. The van der Waals surface area contributed by atoms with Crippen LogP contribution in [0.2, 0.25) is 0 Å². The Morgan fingerprint density at radius 3 is 2.24 bits per heavy atom. The normalized spacial score (nSPS) is 13.8. The summed E-state index contributed by atoms with van der Waals surface area (Å²) in [7, 11) is 0. The summed E-state index contributed by atoms with van der Waals surface area (Å²) in [5.41, 5.74) is -0.0397. The Bertz CT molecular complexity index is 1010. The Morgan fingerprint density at radius 1 is 1.04 bits per heavy atom. The number of amidine groups is 1. The van der Waals surface area contributed by atoms with E-state index in [9.17, 15) is 15.9 Å². The van der Waals surface area contributed by atoms with Crippen molar-refractivity contribution in [3.05, 3.63) is 69.3 Å². The van der Waals surface area contributed by atoms with Crippen LogP contribution in [0.1, 0.15) is 5.56 Å². The topological polar surface area (TPSA) is 142 Å². The van der Waals surface area contributed by atoms with Gasteiger partial charge in [0.05, 0.1) is 23.4 Å². The lowest BCUT2D eigenvalue weighted by Gasteiger charge is -2.04. The second kappa shape index (κ2) is 7.73. The molecule has 1 aliphatic heterocycles. The third-order valence-corrected chi connectivity index (χ3v) is 3.30. The molecule has 0 saturated carbocycles. The van der Waals surface area contributed by atoms with E-state index in [1.54, 1.807) is 18.2 Å². The first-order valence-corrected chi connectivity index (χ1v) is 6.92. The molecule has 7 nitrogen and oxygen atoms in total. The van der Waals surface area contributed by atoms with E-state index < -0.39 is 5.57 Å². The van der Waals surface area contributed by atoms with E-state index in [0.717, 1.165) is 5.56 Å². The van der Waals surface area contributed by atoms with Crippen molar-refractivity contribution in [3.63, 3.8) is 0 Å². The first-order valence-electron chi connectivity index (χ1n) is 6.92. The van der Waals surface area contributed by atoms with Crippen molar-refractivity contribution in [2.75, 3.05) is 0 Å². The molecule has 0 spiro atoms. The van der Waals surface area contributed by atoms with E-state index in [4.69, 9.17) is 10.5 Å². The SMILES string of the molecule is N#CC(C#N)=C(C#N)C1=C(C#N)C(=C=[N-])C(=NCc2ccccc2)N1. The van der Waals surface area contributed by atoms with Gasteiger partial charge >= 0.3 is 0 Å². The van der Waals surface area contributed by atoms with Crippen molar-refractivity contribution in [2.45, 2.75) is 6.54 Å². The van der Waals surface area contributed by atoms with Crippen LogP contribution in [-0.2, 0) is 6.54 Å². The maximum atomic E-state index is 9.34. The molecule has 0 radical (unpaired) electrons. The molecule has 0 unspecified atom stereocenters. The molecule has 2 rings (SSSR count). The molecular weight excluding hydrogens is 314 g/mol. The summed E-state index contributed by atoms with van der Waals surface area (Å²) >= 11 is 0. The Labute approximate surface area is 143 Å². The highest BCUT2D eigenvalue weighted by Crippen LogP contribution is 2.26. The molecule has 0 atom stereocenters. The van der Waals surface area contributed by atoms with Crippen molar-refractivity contribution in [3.8, 4) is 24.3 Å². The van der Waals surface area contributed by atoms with Crippen LogP contribution in [0, 0.1) is 45.3 Å². The average molecular weight is 322 g/mol. The fraction of sp³-hybridized carbons (Fsp3) is 0.0556. The van der Waals surface area contributed by atoms with Crippen LogP contribution < -0.4 is 5.32 Å². The van der Waals surface area contributed by atoms with Crippen molar-refractivity contribution in [2.24, 2.45) is 4.99 Å². The number of aliphatic imine (C=N–C) groups is 1. The summed E-state index contributed by atoms with van der Waals surface area (Å²) in [6.07, 6.45) is 0. The zero-order chi connectivity index (χ0) is 18.2. The first kappa shape index (κ1) is 16.9. The Hall–Kier alpha value is -4.42. The number of benzene rings is 1. The number of nitrogens with zero attached hydrogens (tertiary/aromatic N) is 6. The zero-order valence-electron chi connectivity index (χ0n) is 12.8. The number of nitrogens with one attached hydrogen (secondary N) is 1. The van der Waals surface area contributed by atoms with Gasteiger partial charge in [0.2, 0.25) is 0 Å².